The van der Waals surface area contributed by atoms with Gasteiger partial charge in [-0.15, -0.1) is 0 Å². The normalized spacial score (nSPS) is 11.6. The SMILES string of the molecule is CCc1ccc(-c2noc3c(=O)n(CCC(=O)Nc4ccc(S(N)(=O)=O)cc4)cnc23)cc1. The first-order valence-corrected chi connectivity index (χ1v) is 11.7. The maximum atomic E-state index is 12.8. The van der Waals surface area contributed by atoms with Crippen molar-refractivity contribution in [2.24, 2.45) is 5.14 Å². The number of hydrogen-bond acceptors (Lipinski definition) is 7. The van der Waals surface area contributed by atoms with Gasteiger partial charge < -0.3 is 9.84 Å². The van der Waals surface area contributed by atoms with Crippen LogP contribution in [0.5, 0.6) is 0 Å². The molecule has 0 atom stereocenters. The lowest BCUT2D eigenvalue weighted by Crippen LogP contribution is -2.23. The zero-order valence-electron chi connectivity index (χ0n) is 17.7. The van der Waals surface area contributed by atoms with Crippen LogP contribution in [0, 0.1) is 0 Å². The van der Waals surface area contributed by atoms with Gasteiger partial charge in [-0.1, -0.05) is 36.3 Å². The molecule has 0 unspecified atom stereocenters. The van der Waals surface area contributed by atoms with Gasteiger partial charge >= 0.3 is 0 Å². The fourth-order valence-electron chi connectivity index (χ4n) is 3.28. The molecule has 2 aromatic heterocycles. The number of carbonyl (C=O) groups is 1. The van der Waals surface area contributed by atoms with Crippen LogP contribution < -0.4 is 16.0 Å². The maximum absolute atomic E-state index is 12.8. The van der Waals surface area contributed by atoms with Crippen LogP contribution in [-0.4, -0.2) is 29.0 Å². The average molecular weight is 468 g/mol. The van der Waals surface area contributed by atoms with E-state index in [1.807, 2.05) is 24.3 Å². The lowest BCUT2D eigenvalue weighted by molar-refractivity contribution is -0.116. The number of aryl methyl sites for hydroxylation is 2. The summed E-state index contributed by atoms with van der Waals surface area (Å²) in [5.41, 5.74) is 2.81. The van der Waals surface area contributed by atoms with E-state index in [1.54, 1.807) is 0 Å². The van der Waals surface area contributed by atoms with Gasteiger partial charge in [0, 0.05) is 24.2 Å². The van der Waals surface area contributed by atoms with Crippen LogP contribution in [0.3, 0.4) is 0 Å². The Morgan fingerprint density at radius 3 is 2.45 bits per heavy atom. The molecule has 4 aromatic rings. The third kappa shape index (κ3) is 4.83. The monoisotopic (exact) mass is 467 g/mol. The van der Waals surface area contributed by atoms with Crippen LogP contribution in [0.25, 0.3) is 22.4 Å². The van der Waals surface area contributed by atoms with E-state index >= 15 is 0 Å². The van der Waals surface area contributed by atoms with Gasteiger partial charge in [0.2, 0.25) is 15.9 Å². The number of hydrogen-bond donors (Lipinski definition) is 2. The summed E-state index contributed by atoms with van der Waals surface area (Å²) < 4.78 is 29.1. The number of primary sulfonamides is 1. The van der Waals surface area contributed by atoms with Crippen molar-refractivity contribution in [2.75, 3.05) is 5.32 Å². The Hall–Kier alpha value is -3.83. The van der Waals surface area contributed by atoms with Crippen molar-refractivity contribution in [1.82, 2.24) is 14.7 Å². The molecule has 0 saturated carbocycles. The van der Waals surface area contributed by atoms with E-state index in [-0.39, 0.29) is 29.4 Å². The highest BCUT2D eigenvalue weighted by Gasteiger charge is 2.17. The van der Waals surface area contributed by atoms with Gasteiger partial charge in [0.25, 0.3) is 11.1 Å². The second kappa shape index (κ2) is 8.96. The van der Waals surface area contributed by atoms with Crippen molar-refractivity contribution in [1.29, 1.82) is 0 Å². The third-order valence-corrected chi connectivity index (χ3v) is 6.06. The molecule has 10 nitrogen and oxygen atoms in total. The molecule has 0 spiro atoms. The molecule has 2 aromatic carbocycles. The van der Waals surface area contributed by atoms with Crippen LogP contribution in [0.2, 0.25) is 0 Å². The molecular weight excluding hydrogens is 446 g/mol. The van der Waals surface area contributed by atoms with Crippen LogP contribution in [0.1, 0.15) is 18.9 Å². The highest BCUT2D eigenvalue weighted by molar-refractivity contribution is 7.89. The van der Waals surface area contributed by atoms with E-state index < -0.39 is 15.6 Å². The fraction of sp³-hybridized carbons (Fsp3) is 0.182. The van der Waals surface area contributed by atoms with Gasteiger partial charge in [0.05, 0.1) is 11.2 Å². The quantitative estimate of drug-likeness (QED) is 0.423. The number of aromatic nitrogens is 3. The Labute approximate surface area is 189 Å². The molecule has 33 heavy (non-hydrogen) atoms. The number of amides is 1. The van der Waals surface area contributed by atoms with Crippen molar-refractivity contribution < 1.29 is 17.7 Å². The number of anilines is 1. The molecule has 4 rings (SSSR count). The number of nitrogens with two attached hydrogens (primary N) is 1. The summed E-state index contributed by atoms with van der Waals surface area (Å²) in [4.78, 5) is 29.3. The Morgan fingerprint density at radius 2 is 1.82 bits per heavy atom. The summed E-state index contributed by atoms with van der Waals surface area (Å²) in [6.07, 6.45) is 2.26. The van der Waals surface area contributed by atoms with Gasteiger partial charge in [-0.25, -0.2) is 18.5 Å². The molecule has 3 N–H and O–H groups in total. The number of benzene rings is 2. The average Bonchev–Trinajstić information content (AvgIpc) is 3.23. The van der Waals surface area contributed by atoms with Crippen LogP contribution in [0.15, 0.2) is 69.1 Å². The molecule has 0 aliphatic heterocycles. The Balaban J connectivity index is 1.46. The predicted octanol–water partition coefficient (Wildman–Crippen LogP) is 2.29. The second-order valence-electron chi connectivity index (χ2n) is 7.37. The topological polar surface area (TPSA) is 150 Å². The summed E-state index contributed by atoms with van der Waals surface area (Å²) >= 11 is 0. The van der Waals surface area contributed by atoms with Crippen molar-refractivity contribution in [3.8, 4) is 11.3 Å². The highest BCUT2D eigenvalue weighted by Crippen LogP contribution is 2.25. The Bertz CT molecular complexity index is 1470. The van der Waals surface area contributed by atoms with Gasteiger partial charge in [0.15, 0.2) is 0 Å². The summed E-state index contributed by atoms with van der Waals surface area (Å²) in [6, 6.07) is 13.2. The molecule has 1 amide bonds. The van der Waals surface area contributed by atoms with Crippen LogP contribution >= 0.6 is 0 Å². The molecule has 11 heteroatoms. The molecule has 0 saturated heterocycles. The number of carbonyl (C=O) groups excluding carboxylic acids is 1. The summed E-state index contributed by atoms with van der Waals surface area (Å²) in [6.45, 7) is 2.14. The van der Waals surface area contributed by atoms with Crippen LogP contribution in [0.4, 0.5) is 5.69 Å². The van der Waals surface area contributed by atoms with Gasteiger partial charge in [-0.2, -0.15) is 0 Å². The first kappa shape index (κ1) is 22.4. The van der Waals surface area contributed by atoms with Crippen molar-refractivity contribution in [2.45, 2.75) is 31.2 Å². The largest absolute Gasteiger partial charge is 0.348 e. The summed E-state index contributed by atoms with van der Waals surface area (Å²) in [7, 11) is -3.81. The van der Waals surface area contributed by atoms with Crippen molar-refractivity contribution >= 4 is 32.7 Å². The number of rotatable bonds is 7. The first-order valence-electron chi connectivity index (χ1n) is 10.1. The maximum Gasteiger partial charge on any atom is 0.299 e. The number of fused-ring (bicyclic) bond motifs is 1. The standard InChI is InChI=1S/C22H21N5O5S/c1-2-14-3-5-15(6-4-14)19-20-21(32-26-19)22(29)27(13-24-20)12-11-18(28)25-16-7-9-17(10-8-16)33(23,30)31/h3-10,13H,2,11-12H2,1H3,(H,25,28)(H2,23,30,31). The zero-order valence-corrected chi connectivity index (χ0v) is 18.5. The third-order valence-electron chi connectivity index (χ3n) is 5.13. The lowest BCUT2D eigenvalue weighted by atomic mass is 10.1. The minimum Gasteiger partial charge on any atom is -0.348 e. The molecule has 0 aliphatic rings. The predicted molar refractivity (Wildman–Crippen MR) is 122 cm³/mol. The number of nitrogens with one attached hydrogen (secondary N) is 1. The molecule has 0 aliphatic carbocycles. The van der Waals surface area contributed by atoms with Gasteiger partial charge in [-0.3, -0.25) is 14.2 Å². The number of sulfonamides is 1. The molecular formula is C22H21N5O5S. The minimum atomic E-state index is -3.81. The molecule has 0 fully saturated rings. The van der Waals surface area contributed by atoms with Gasteiger partial charge in [0.1, 0.15) is 11.2 Å². The Morgan fingerprint density at radius 1 is 1.12 bits per heavy atom. The van der Waals surface area contributed by atoms with E-state index in [2.05, 4.69) is 22.4 Å². The van der Waals surface area contributed by atoms with E-state index in [0.717, 1.165) is 12.0 Å². The van der Waals surface area contributed by atoms with E-state index in [0.29, 0.717) is 16.9 Å². The number of nitrogens with zero attached hydrogens (tertiary/aromatic N) is 3. The van der Waals surface area contributed by atoms with Crippen molar-refractivity contribution in [3.63, 3.8) is 0 Å². The van der Waals surface area contributed by atoms with Crippen LogP contribution in [-0.2, 0) is 27.8 Å². The molecule has 170 valence electrons. The molecule has 2 heterocycles. The first-order chi connectivity index (χ1) is 15.8. The van der Waals surface area contributed by atoms with Crippen molar-refractivity contribution in [3.05, 3.63) is 70.8 Å². The second-order valence-corrected chi connectivity index (χ2v) is 8.93. The van der Waals surface area contributed by atoms with E-state index in [9.17, 15) is 18.0 Å². The molecule has 0 radical (unpaired) electrons. The van der Waals surface area contributed by atoms with E-state index in [1.165, 1.54) is 40.7 Å². The summed E-state index contributed by atoms with van der Waals surface area (Å²) in [5, 5.41) is 11.7. The smallest absolute Gasteiger partial charge is 0.299 e. The summed E-state index contributed by atoms with van der Waals surface area (Å²) in [5.74, 6) is -0.361. The van der Waals surface area contributed by atoms with E-state index in [4.69, 9.17) is 9.66 Å². The fourth-order valence-corrected chi connectivity index (χ4v) is 3.79. The van der Waals surface area contributed by atoms with Gasteiger partial charge in [-0.05, 0) is 36.2 Å². The molecule has 0 bridgehead atoms. The minimum absolute atomic E-state index is 0.0104. The Kier molecular flexibility index (Phi) is 6.07. The lowest BCUT2D eigenvalue weighted by Gasteiger charge is -2.07. The zero-order chi connectivity index (χ0) is 23.6. The highest BCUT2D eigenvalue weighted by atomic mass is 32.2.